The molecular formula is C13H14N2O3S3. The average molecular weight is 342 g/mol. The van der Waals surface area contributed by atoms with Crippen LogP contribution in [0, 0.1) is 6.92 Å². The molecule has 0 fully saturated rings. The lowest BCUT2D eigenvalue weighted by Crippen LogP contribution is -2.12. The Morgan fingerprint density at radius 1 is 1.48 bits per heavy atom. The lowest BCUT2D eigenvalue weighted by atomic mass is 10.3. The Labute approximate surface area is 134 Å². The SMILES string of the molecule is CCOC(=O)c1sc(NC(=O)CSc2nccs2)cc1C. The number of rotatable bonds is 6. The molecule has 5 nitrogen and oxygen atoms in total. The fourth-order valence-corrected chi connectivity index (χ4v) is 3.95. The monoisotopic (exact) mass is 342 g/mol. The predicted molar refractivity (Wildman–Crippen MR) is 86.5 cm³/mol. The van der Waals surface area contributed by atoms with E-state index in [1.807, 2.05) is 12.3 Å². The number of nitrogens with zero attached hydrogens (tertiary/aromatic N) is 1. The molecule has 0 radical (unpaired) electrons. The van der Waals surface area contributed by atoms with Crippen LogP contribution in [0.15, 0.2) is 22.0 Å². The number of thioether (sulfide) groups is 1. The van der Waals surface area contributed by atoms with Crippen molar-refractivity contribution in [2.24, 2.45) is 0 Å². The lowest BCUT2D eigenvalue weighted by molar-refractivity contribution is -0.113. The molecule has 2 heterocycles. The van der Waals surface area contributed by atoms with Gasteiger partial charge in [-0.3, -0.25) is 4.79 Å². The molecule has 2 aromatic rings. The van der Waals surface area contributed by atoms with Gasteiger partial charge in [0.15, 0.2) is 0 Å². The van der Waals surface area contributed by atoms with Crippen LogP contribution in [-0.2, 0) is 9.53 Å². The molecule has 2 rings (SSSR count). The Bertz CT molecular complexity index is 623. The van der Waals surface area contributed by atoms with Gasteiger partial charge >= 0.3 is 5.97 Å². The van der Waals surface area contributed by atoms with Gasteiger partial charge in [-0.2, -0.15) is 0 Å². The van der Waals surface area contributed by atoms with Crippen molar-refractivity contribution in [3.05, 3.63) is 28.1 Å². The highest BCUT2D eigenvalue weighted by Crippen LogP contribution is 2.28. The van der Waals surface area contributed by atoms with Crippen LogP contribution in [0.4, 0.5) is 5.00 Å². The second-order valence-electron chi connectivity index (χ2n) is 3.98. The van der Waals surface area contributed by atoms with E-state index in [1.54, 1.807) is 19.2 Å². The zero-order valence-corrected chi connectivity index (χ0v) is 14.0. The Morgan fingerprint density at radius 2 is 2.29 bits per heavy atom. The number of amides is 1. The molecule has 0 spiro atoms. The standard InChI is InChI=1S/C13H14N2O3S3/c1-3-18-12(17)11-8(2)6-10(21-11)15-9(16)7-20-13-14-4-5-19-13/h4-6H,3,7H2,1-2H3,(H,15,16). The molecule has 112 valence electrons. The number of aryl methyl sites for hydroxylation is 1. The minimum Gasteiger partial charge on any atom is -0.462 e. The van der Waals surface area contributed by atoms with Gasteiger partial charge in [-0.05, 0) is 25.5 Å². The Balaban J connectivity index is 1.92. The smallest absolute Gasteiger partial charge is 0.348 e. The first kappa shape index (κ1) is 16.0. The van der Waals surface area contributed by atoms with Gasteiger partial charge in [0.2, 0.25) is 5.91 Å². The maximum Gasteiger partial charge on any atom is 0.348 e. The molecule has 1 N–H and O–H groups in total. The van der Waals surface area contributed by atoms with Crippen molar-refractivity contribution in [3.8, 4) is 0 Å². The van der Waals surface area contributed by atoms with Crippen molar-refractivity contribution in [1.82, 2.24) is 4.98 Å². The molecule has 0 aliphatic heterocycles. The molecule has 2 aromatic heterocycles. The fourth-order valence-electron chi connectivity index (χ4n) is 1.53. The summed E-state index contributed by atoms with van der Waals surface area (Å²) >= 11 is 4.12. The number of hydrogen-bond acceptors (Lipinski definition) is 7. The minimum absolute atomic E-state index is 0.119. The van der Waals surface area contributed by atoms with Crippen LogP contribution < -0.4 is 5.32 Å². The highest BCUT2D eigenvalue weighted by Gasteiger charge is 2.16. The van der Waals surface area contributed by atoms with Crippen LogP contribution in [0.1, 0.15) is 22.2 Å². The van der Waals surface area contributed by atoms with Crippen LogP contribution in [-0.4, -0.2) is 29.2 Å². The second-order valence-corrected chi connectivity index (χ2v) is 7.15. The molecule has 0 atom stereocenters. The molecule has 0 saturated heterocycles. The highest BCUT2D eigenvalue weighted by molar-refractivity contribution is 8.01. The van der Waals surface area contributed by atoms with E-state index in [2.05, 4.69) is 10.3 Å². The molecule has 0 saturated carbocycles. The predicted octanol–water partition coefficient (Wildman–Crippen LogP) is 3.42. The summed E-state index contributed by atoms with van der Waals surface area (Å²) in [6, 6.07) is 1.78. The number of anilines is 1. The average Bonchev–Trinajstić information content (AvgIpc) is 3.06. The van der Waals surface area contributed by atoms with Crippen molar-refractivity contribution in [1.29, 1.82) is 0 Å². The van der Waals surface area contributed by atoms with E-state index in [0.717, 1.165) is 9.90 Å². The van der Waals surface area contributed by atoms with Crippen LogP contribution in [0.5, 0.6) is 0 Å². The number of carbonyl (C=O) groups excluding carboxylic acids is 2. The topological polar surface area (TPSA) is 68.3 Å². The lowest BCUT2D eigenvalue weighted by Gasteiger charge is -2.00. The van der Waals surface area contributed by atoms with Gasteiger partial charge in [0.1, 0.15) is 9.22 Å². The molecule has 0 bridgehead atoms. The van der Waals surface area contributed by atoms with Crippen LogP contribution in [0.25, 0.3) is 0 Å². The first-order chi connectivity index (χ1) is 10.1. The van der Waals surface area contributed by atoms with Crippen molar-refractivity contribution in [2.45, 2.75) is 18.2 Å². The van der Waals surface area contributed by atoms with Crippen molar-refractivity contribution < 1.29 is 14.3 Å². The highest BCUT2D eigenvalue weighted by atomic mass is 32.2. The normalized spacial score (nSPS) is 10.4. The summed E-state index contributed by atoms with van der Waals surface area (Å²) in [7, 11) is 0. The Morgan fingerprint density at radius 3 is 2.95 bits per heavy atom. The first-order valence-electron chi connectivity index (χ1n) is 6.20. The number of esters is 1. The van der Waals surface area contributed by atoms with E-state index in [9.17, 15) is 9.59 Å². The molecule has 1 amide bonds. The molecular weight excluding hydrogens is 328 g/mol. The third-order valence-corrected chi connectivity index (χ3v) is 5.48. The summed E-state index contributed by atoms with van der Waals surface area (Å²) in [6.07, 6.45) is 1.71. The first-order valence-corrected chi connectivity index (χ1v) is 8.88. The van der Waals surface area contributed by atoms with Gasteiger partial charge in [-0.25, -0.2) is 9.78 Å². The molecule has 0 unspecified atom stereocenters. The summed E-state index contributed by atoms with van der Waals surface area (Å²) in [5, 5.41) is 5.31. The van der Waals surface area contributed by atoms with Crippen LogP contribution in [0.2, 0.25) is 0 Å². The van der Waals surface area contributed by atoms with Crippen molar-refractivity contribution >= 4 is 51.3 Å². The van der Waals surface area contributed by atoms with Gasteiger partial charge in [0, 0.05) is 11.6 Å². The number of thiazole rings is 1. The summed E-state index contributed by atoms with van der Waals surface area (Å²) in [5.41, 5.74) is 0.807. The van der Waals surface area contributed by atoms with Gasteiger partial charge in [0.25, 0.3) is 0 Å². The number of aromatic nitrogens is 1. The minimum atomic E-state index is -0.349. The Hall–Kier alpha value is -1.38. The van der Waals surface area contributed by atoms with Gasteiger partial charge < -0.3 is 10.1 Å². The van der Waals surface area contributed by atoms with E-state index in [1.165, 1.54) is 34.4 Å². The third-order valence-electron chi connectivity index (χ3n) is 2.38. The third kappa shape index (κ3) is 4.55. The van der Waals surface area contributed by atoms with Gasteiger partial charge in [-0.1, -0.05) is 11.8 Å². The largest absolute Gasteiger partial charge is 0.462 e. The number of ether oxygens (including phenoxy) is 1. The Kier molecular flexibility index (Phi) is 5.77. The van der Waals surface area contributed by atoms with E-state index in [4.69, 9.17) is 4.74 Å². The van der Waals surface area contributed by atoms with Crippen molar-refractivity contribution in [2.75, 3.05) is 17.7 Å². The van der Waals surface area contributed by atoms with E-state index < -0.39 is 0 Å². The number of hydrogen-bond donors (Lipinski definition) is 1. The zero-order chi connectivity index (χ0) is 15.2. The number of nitrogens with one attached hydrogen (secondary N) is 1. The molecule has 0 aromatic carbocycles. The molecule has 21 heavy (non-hydrogen) atoms. The number of thiophene rings is 1. The van der Waals surface area contributed by atoms with Crippen LogP contribution in [0.3, 0.4) is 0 Å². The summed E-state index contributed by atoms with van der Waals surface area (Å²) in [4.78, 5) is 28.2. The number of carbonyl (C=O) groups is 2. The van der Waals surface area contributed by atoms with Gasteiger partial charge in [0.05, 0.1) is 17.4 Å². The second kappa shape index (κ2) is 7.58. The maximum absolute atomic E-state index is 11.9. The zero-order valence-electron chi connectivity index (χ0n) is 11.5. The molecule has 8 heteroatoms. The van der Waals surface area contributed by atoms with Crippen LogP contribution >= 0.6 is 34.4 Å². The summed E-state index contributed by atoms with van der Waals surface area (Å²) in [6.45, 7) is 3.92. The van der Waals surface area contributed by atoms with Gasteiger partial charge in [-0.15, -0.1) is 22.7 Å². The van der Waals surface area contributed by atoms with E-state index in [-0.39, 0.29) is 11.9 Å². The summed E-state index contributed by atoms with van der Waals surface area (Å²) in [5.74, 6) is -0.177. The summed E-state index contributed by atoms with van der Waals surface area (Å²) < 4.78 is 5.83. The fraction of sp³-hybridized carbons (Fsp3) is 0.308. The quantitative estimate of drug-likeness (QED) is 0.643. The van der Waals surface area contributed by atoms with E-state index >= 15 is 0 Å². The molecule has 0 aliphatic rings. The maximum atomic E-state index is 11.9. The molecule has 0 aliphatic carbocycles. The van der Waals surface area contributed by atoms with E-state index in [0.29, 0.717) is 22.2 Å². The van der Waals surface area contributed by atoms with Crippen molar-refractivity contribution in [3.63, 3.8) is 0 Å².